The molecule has 0 saturated carbocycles. The van der Waals surface area contributed by atoms with Gasteiger partial charge in [-0.25, -0.2) is 4.39 Å². The minimum atomic E-state index is -0.900. The van der Waals surface area contributed by atoms with E-state index in [0.29, 0.717) is 5.56 Å². The zero-order valence-corrected chi connectivity index (χ0v) is 18.1. The van der Waals surface area contributed by atoms with Crippen molar-refractivity contribution in [2.45, 2.75) is 23.0 Å². The number of rotatable bonds is 8. The summed E-state index contributed by atoms with van der Waals surface area (Å²) < 4.78 is 28.7. The van der Waals surface area contributed by atoms with Crippen LogP contribution < -0.4 is 10.2 Å². The summed E-state index contributed by atoms with van der Waals surface area (Å²) in [6.07, 6.45) is -0.243. The van der Waals surface area contributed by atoms with Gasteiger partial charge in [0.05, 0.1) is 32.3 Å². The molecule has 0 radical (unpaired) electrons. The van der Waals surface area contributed by atoms with E-state index in [-0.39, 0.29) is 41.0 Å². The van der Waals surface area contributed by atoms with Crippen molar-refractivity contribution in [2.24, 2.45) is 0 Å². The normalized spacial score (nSPS) is 11.7. The summed E-state index contributed by atoms with van der Waals surface area (Å²) in [5, 5.41) is 20.6. The third-order valence-electron chi connectivity index (χ3n) is 4.71. The number of carbonyl (C=O) groups is 1. The molecule has 1 aromatic heterocycles. The summed E-state index contributed by atoms with van der Waals surface area (Å²) in [4.78, 5) is 25.2. The second-order valence-electron chi connectivity index (χ2n) is 6.80. The van der Waals surface area contributed by atoms with Crippen LogP contribution in [0.2, 0.25) is 0 Å². The van der Waals surface area contributed by atoms with Crippen molar-refractivity contribution in [3.63, 3.8) is 0 Å². The van der Waals surface area contributed by atoms with Gasteiger partial charge in [0.1, 0.15) is 11.6 Å². The van der Waals surface area contributed by atoms with Gasteiger partial charge in [0, 0.05) is 11.0 Å². The van der Waals surface area contributed by atoms with Crippen LogP contribution in [0.25, 0.3) is 0 Å². The average Bonchev–Trinajstić information content (AvgIpc) is 2.79. The number of aromatic hydroxyl groups is 2. The first kappa shape index (κ1) is 23.2. The number of esters is 1. The fourth-order valence-electron chi connectivity index (χ4n) is 3.08. The molecule has 1 atom stereocenters. The molecule has 1 unspecified atom stereocenters. The summed E-state index contributed by atoms with van der Waals surface area (Å²) in [7, 11) is 2.62. The van der Waals surface area contributed by atoms with Crippen molar-refractivity contribution in [3.05, 3.63) is 81.7 Å². The molecule has 0 amide bonds. The Labute approximate surface area is 187 Å². The standard InChI is InChI=1S/C23H21FO7S/c1-29-20-8-3-13(9-18(20)25)17(11-21(27)30-2)23-22(28)19(26)10-15(31-23)12-32-16-6-4-14(24)5-7-16/h3-10,17,25,28H,11-12H2,1-2H3. The lowest BCUT2D eigenvalue weighted by molar-refractivity contribution is -0.140. The van der Waals surface area contributed by atoms with E-state index in [2.05, 4.69) is 0 Å². The maximum absolute atomic E-state index is 13.1. The van der Waals surface area contributed by atoms with Crippen molar-refractivity contribution >= 4 is 17.7 Å². The Hall–Kier alpha value is -3.46. The predicted molar refractivity (Wildman–Crippen MR) is 116 cm³/mol. The number of hydrogen-bond donors (Lipinski definition) is 2. The molecule has 3 aromatic rings. The van der Waals surface area contributed by atoms with Crippen molar-refractivity contribution in [1.29, 1.82) is 0 Å². The highest BCUT2D eigenvalue weighted by molar-refractivity contribution is 7.98. The highest BCUT2D eigenvalue weighted by Crippen LogP contribution is 2.37. The van der Waals surface area contributed by atoms with Gasteiger partial charge in [-0.15, -0.1) is 11.8 Å². The topological polar surface area (TPSA) is 106 Å². The fraction of sp³-hybridized carbons (Fsp3) is 0.217. The smallest absolute Gasteiger partial charge is 0.306 e. The largest absolute Gasteiger partial charge is 0.504 e. The van der Waals surface area contributed by atoms with Gasteiger partial charge in [-0.2, -0.15) is 0 Å². The Balaban J connectivity index is 1.99. The second-order valence-corrected chi connectivity index (χ2v) is 7.85. The number of halogens is 1. The van der Waals surface area contributed by atoms with Crippen LogP contribution >= 0.6 is 11.8 Å². The molecule has 0 bridgehead atoms. The molecule has 7 nitrogen and oxygen atoms in total. The second kappa shape index (κ2) is 10.2. The van der Waals surface area contributed by atoms with Crippen molar-refractivity contribution in [1.82, 2.24) is 0 Å². The number of hydrogen-bond acceptors (Lipinski definition) is 8. The Morgan fingerprint density at radius 2 is 1.84 bits per heavy atom. The highest BCUT2D eigenvalue weighted by Gasteiger charge is 2.27. The molecular formula is C23H21FO7S. The van der Waals surface area contributed by atoms with Crippen molar-refractivity contribution < 1.29 is 33.3 Å². The lowest BCUT2D eigenvalue weighted by Crippen LogP contribution is -2.14. The SMILES string of the molecule is COC(=O)CC(c1ccc(OC)c(O)c1)c1oc(CSc2ccc(F)cc2)cc(=O)c1O. The fourth-order valence-corrected chi connectivity index (χ4v) is 3.86. The van der Waals surface area contributed by atoms with E-state index < -0.39 is 23.1 Å². The number of thioether (sulfide) groups is 1. The summed E-state index contributed by atoms with van der Waals surface area (Å²) >= 11 is 1.31. The Morgan fingerprint density at radius 1 is 1.12 bits per heavy atom. The predicted octanol–water partition coefficient (Wildman–Crippen LogP) is 4.19. The first-order valence-electron chi connectivity index (χ1n) is 9.50. The van der Waals surface area contributed by atoms with E-state index in [1.54, 1.807) is 18.2 Å². The quantitative estimate of drug-likeness (QED) is 0.381. The highest BCUT2D eigenvalue weighted by atomic mass is 32.2. The molecule has 32 heavy (non-hydrogen) atoms. The lowest BCUT2D eigenvalue weighted by Gasteiger charge is -2.18. The van der Waals surface area contributed by atoms with E-state index in [0.717, 1.165) is 11.0 Å². The molecule has 3 rings (SSSR count). The maximum atomic E-state index is 13.1. The van der Waals surface area contributed by atoms with Gasteiger partial charge >= 0.3 is 5.97 Å². The van der Waals surface area contributed by atoms with Gasteiger partial charge in [0.15, 0.2) is 17.3 Å². The summed E-state index contributed by atoms with van der Waals surface area (Å²) in [6, 6.07) is 11.5. The zero-order chi connectivity index (χ0) is 23.3. The third kappa shape index (κ3) is 5.42. The van der Waals surface area contributed by atoms with Crippen LogP contribution in [0.5, 0.6) is 17.2 Å². The summed E-state index contributed by atoms with van der Waals surface area (Å²) in [5.74, 6) is -2.09. The minimum Gasteiger partial charge on any atom is -0.504 e. The average molecular weight is 460 g/mol. The Morgan fingerprint density at radius 3 is 2.47 bits per heavy atom. The van der Waals surface area contributed by atoms with Gasteiger partial charge < -0.3 is 24.1 Å². The third-order valence-corrected chi connectivity index (χ3v) is 5.75. The van der Waals surface area contributed by atoms with E-state index in [1.165, 1.54) is 50.2 Å². The zero-order valence-electron chi connectivity index (χ0n) is 17.3. The van der Waals surface area contributed by atoms with Crippen LogP contribution in [0.15, 0.2) is 62.6 Å². The van der Waals surface area contributed by atoms with Crippen LogP contribution in [0.1, 0.15) is 29.4 Å². The van der Waals surface area contributed by atoms with Gasteiger partial charge in [0.2, 0.25) is 11.2 Å². The minimum absolute atomic E-state index is 0.123. The van der Waals surface area contributed by atoms with E-state index in [9.17, 15) is 24.2 Å². The van der Waals surface area contributed by atoms with Crippen molar-refractivity contribution in [3.8, 4) is 17.2 Å². The number of carbonyl (C=O) groups excluding carboxylic acids is 1. The number of ether oxygens (including phenoxy) is 2. The molecule has 9 heteroatoms. The van der Waals surface area contributed by atoms with Crippen LogP contribution in [0.4, 0.5) is 4.39 Å². The Kier molecular flexibility index (Phi) is 7.42. The molecule has 168 valence electrons. The number of methoxy groups -OCH3 is 2. The molecule has 0 saturated heterocycles. The summed E-state index contributed by atoms with van der Waals surface area (Å²) in [6.45, 7) is 0. The molecular weight excluding hydrogens is 439 g/mol. The van der Waals surface area contributed by atoms with Gasteiger partial charge in [-0.3, -0.25) is 9.59 Å². The van der Waals surface area contributed by atoms with Gasteiger partial charge in [-0.05, 0) is 42.0 Å². The first-order valence-corrected chi connectivity index (χ1v) is 10.5. The summed E-state index contributed by atoms with van der Waals surface area (Å²) in [5.41, 5.74) is -0.260. The Bertz CT molecular complexity index is 1160. The monoisotopic (exact) mass is 460 g/mol. The van der Waals surface area contributed by atoms with Crippen LogP contribution in [-0.4, -0.2) is 30.4 Å². The van der Waals surface area contributed by atoms with Crippen LogP contribution in [0.3, 0.4) is 0 Å². The molecule has 2 N–H and O–H groups in total. The molecule has 1 heterocycles. The van der Waals surface area contributed by atoms with E-state index in [1.807, 2.05) is 0 Å². The van der Waals surface area contributed by atoms with E-state index in [4.69, 9.17) is 13.9 Å². The molecule has 0 aliphatic carbocycles. The maximum Gasteiger partial charge on any atom is 0.306 e. The molecule has 0 aliphatic heterocycles. The molecule has 2 aromatic carbocycles. The molecule has 0 aliphatic rings. The number of phenolic OH excluding ortho intramolecular Hbond substituents is 1. The van der Waals surface area contributed by atoms with E-state index >= 15 is 0 Å². The van der Waals surface area contributed by atoms with Crippen LogP contribution in [0, 0.1) is 5.82 Å². The van der Waals surface area contributed by atoms with Crippen molar-refractivity contribution in [2.75, 3.05) is 14.2 Å². The molecule has 0 spiro atoms. The number of benzene rings is 2. The van der Waals surface area contributed by atoms with Gasteiger partial charge in [0.25, 0.3) is 0 Å². The molecule has 0 fully saturated rings. The van der Waals surface area contributed by atoms with Gasteiger partial charge in [-0.1, -0.05) is 6.07 Å². The number of phenols is 1. The lowest BCUT2D eigenvalue weighted by atomic mass is 9.92. The van der Waals surface area contributed by atoms with Crippen LogP contribution in [-0.2, 0) is 15.3 Å². The first-order chi connectivity index (χ1) is 15.3.